The molecule has 0 aromatic carbocycles. The van der Waals surface area contributed by atoms with Crippen LogP contribution in [0.1, 0.15) is 367 Å². The van der Waals surface area contributed by atoms with Gasteiger partial charge in [0.05, 0.1) is 0 Å². The lowest BCUT2D eigenvalue weighted by molar-refractivity contribution is -0.167. The third-order valence-electron chi connectivity index (χ3n) is 15.3. The highest BCUT2D eigenvalue weighted by molar-refractivity contribution is 5.71. The van der Waals surface area contributed by atoms with Crippen LogP contribution in [-0.2, 0) is 28.6 Å². The summed E-state index contributed by atoms with van der Waals surface area (Å²) in [5.41, 5.74) is 0. The van der Waals surface area contributed by atoms with Crippen LogP contribution in [0.4, 0.5) is 0 Å². The smallest absolute Gasteiger partial charge is 0.306 e. The van der Waals surface area contributed by atoms with Crippen molar-refractivity contribution in [2.75, 3.05) is 13.2 Å². The molecule has 0 aliphatic rings. The Hall–Kier alpha value is -2.63. The fraction of sp³-hybridized carbons (Fsp3) is 0.845. The SMILES string of the molecule is CCCCC/C=C\C/C=C\CCCCCCCC(=O)OC(COC(=O)CCCCCCCCCCC)COC(=O)CCCCCCCCCCCCCCCCCCCCCCCCC/C=C\C/C=C\CCCCCCC. The van der Waals surface area contributed by atoms with Crippen LogP contribution in [0.25, 0.3) is 0 Å². The molecule has 0 aliphatic heterocycles. The molecule has 0 radical (unpaired) electrons. The zero-order chi connectivity index (χ0) is 55.7. The predicted octanol–water partition coefficient (Wildman–Crippen LogP) is 23.3. The minimum atomic E-state index is -0.776. The summed E-state index contributed by atoms with van der Waals surface area (Å²) >= 11 is 0. The van der Waals surface area contributed by atoms with Crippen molar-refractivity contribution in [2.45, 2.75) is 374 Å². The van der Waals surface area contributed by atoms with Crippen LogP contribution in [-0.4, -0.2) is 37.2 Å². The molecule has 0 rings (SSSR count). The van der Waals surface area contributed by atoms with E-state index in [1.165, 1.54) is 238 Å². The summed E-state index contributed by atoms with van der Waals surface area (Å²) in [6, 6.07) is 0. The van der Waals surface area contributed by atoms with Gasteiger partial charge in [-0.3, -0.25) is 14.4 Å². The van der Waals surface area contributed by atoms with E-state index >= 15 is 0 Å². The molecule has 77 heavy (non-hydrogen) atoms. The van der Waals surface area contributed by atoms with Gasteiger partial charge in [-0.2, -0.15) is 0 Å². The Morgan fingerprint density at radius 1 is 0.260 bits per heavy atom. The summed E-state index contributed by atoms with van der Waals surface area (Å²) in [7, 11) is 0. The molecular weight excluding hydrogens is 949 g/mol. The van der Waals surface area contributed by atoms with Crippen LogP contribution in [0.2, 0.25) is 0 Å². The van der Waals surface area contributed by atoms with E-state index in [0.29, 0.717) is 19.3 Å². The number of carbonyl (C=O) groups excluding carboxylic acids is 3. The van der Waals surface area contributed by atoms with Crippen molar-refractivity contribution in [1.82, 2.24) is 0 Å². The molecule has 0 fully saturated rings. The maximum Gasteiger partial charge on any atom is 0.306 e. The van der Waals surface area contributed by atoms with Crippen LogP contribution < -0.4 is 0 Å². The molecule has 0 aliphatic carbocycles. The molecule has 0 amide bonds. The average molecular weight is 1080 g/mol. The third-order valence-corrected chi connectivity index (χ3v) is 15.3. The minimum absolute atomic E-state index is 0.0738. The Morgan fingerprint density at radius 3 is 0.740 bits per heavy atom. The zero-order valence-electron chi connectivity index (χ0n) is 51.7. The molecule has 0 spiro atoms. The van der Waals surface area contributed by atoms with E-state index in [2.05, 4.69) is 69.4 Å². The van der Waals surface area contributed by atoms with E-state index in [0.717, 1.165) is 89.9 Å². The molecule has 0 aromatic rings. The number of ether oxygens (including phenoxy) is 3. The van der Waals surface area contributed by atoms with Crippen molar-refractivity contribution in [3.8, 4) is 0 Å². The fourth-order valence-corrected chi connectivity index (χ4v) is 10.2. The summed E-state index contributed by atoms with van der Waals surface area (Å²) in [4.78, 5) is 38.1. The van der Waals surface area contributed by atoms with Crippen molar-refractivity contribution in [1.29, 1.82) is 0 Å². The van der Waals surface area contributed by atoms with E-state index in [1.54, 1.807) is 0 Å². The van der Waals surface area contributed by atoms with Crippen molar-refractivity contribution in [3.05, 3.63) is 48.6 Å². The second-order valence-electron chi connectivity index (χ2n) is 23.1. The van der Waals surface area contributed by atoms with E-state index in [9.17, 15) is 14.4 Å². The Balaban J connectivity index is 3.98. The standard InChI is InChI=1S/C71H130O6/c1-4-7-10-13-16-19-21-23-25-26-27-28-29-30-31-32-33-34-35-36-37-38-39-40-41-42-43-44-46-47-49-52-55-58-61-64-70(73)76-67-68(66-75-69(72)63-60-57-54-51-18-15-12-9-6-3)77-71(74)65-62-59-56-53-50-48-45-24-22-20-17-14-11-8-5-2/h17,20-21,23-24,26-27,45,68H,4-16,18-19,22,25,28-44,46-67H2,1-3H3/b20-17-,23-21-,27-26-,45-24-. The number of carbonyl (C=O) groups is 3. The molecule has 6 heteroatoms. The Bertz CT molecular complexity index is 1330. The summed E-state index contributed by atoms with van der Waals surface area (Å²) in [6.07, 6.45) is 83.1. The number of allylic oxidation sites excluding steroid dienone is 8. The molecule has 1 unspecified atom stereocenters. The van der Waals surface area contributed by atoms with E-state index < -0.39 is 6.10 Å². The number of rotatable bonds is 63. The van der Waals surface area contributed by atoms with Crippen molar-refractivity contribution in [3.63, 3.8) is 0 Å². The Morgan fingerprint density at radius 2 is 0.468 bits per heavy atom. The first-order chi connectivity index (χ1) is 38.0. The van der Waals surface area contributed by atoms with Gasteiger partial charge in [0, 0.05) is 19.3 Å². The number of hydrogen-bond donors (Lipinski definition) is 0. The largest absolute Gasteiger partial charge is 0.462 e. The lowest BCUT2D eigenvalue weighted by Gasteiger charge is -2.18. The summed E-state index contributed by atoms with van der Waals surface area (Å²) in [5, 5.41) is 0. The molecule has 0 saturated heterocycles. The molecule has 0 heterocycles. The summed E-state index contributed by atoms with van der Waals surface area (Å²) in [6.45, 7) is 6.62. The van der Waals surface area contributed by atoms with E-state index in [1.807, 2.05) is 0 Å². The van der Waals surface area contributed by atoms with Crippen molar-refractivity contribution in [2.24, 2.45) is 0 Å². The number of hydrogen-bond acceptors (Lipinski definition) is 6. The maximum absolute atomic E-state index is 12.8. The van der Waals surface area contributed by atoms with E-state index in [4.69, 9.17) is 14.2 Å². The summed E-state index contributed by atoms with van der Waals surface area (Å²) < 4.78 is 16.9. The minimum Gasteiger partial charge on any atom is -0.462 e. The van der Waals surface area contributed by atoms with Crippen molar-refractivity contribution >= 4 is 17.9 Å². The normalized spacial score (nSPS) is 12.3. The molecule has 0 aromatic heterocycles. The van der Waals surface area contributed by atoms with Gasteiger partial charge in [-0.25, -0.2) is 0 Å². The lowest BCUT2D eigenvalue weighted by Crippen LogP contribution is -2.30. The summed E-state index contributed by atoms with van der Waals surface area (Å²) in [5.74, 6) is -0.871. The van der Waals surface area contributed by atoms with Crippen molar-refractivity contribution < 1.29 is 28.6 Å². The van der Waals surface area contributed by atoms with Gasteiger partial charge in [0.2, 0.25) is 0 Å². The second kappa shape index (κ2) is 65.9. The van der Waals surface area contributed by atoms with Crippen LogP contribution in [0.5, 0.6) is 0 Å². The van der Waals surface area contributed by atoms with Gasteiger partial charge in [0.15, 0.2) is 6.10 Å². The topological polar surface area (TPSA) is 78.9 Å². The molecule has 0 N–H and O–H groups in total. The molecular formula is C71H130O6. The van der Waals surface area contributed by atoms with Crippen LogP contribution in [0.3, 0.4) is 0 Å². The quantitative estimate of drug-likeness (QED) is 0.0261. The highest BCUT2D eigenvalue weighted by Gasteiger charge is 2.19. The van der Waals surface area contributed by atoms with Gasteiger partial charge >= 0.3 is 17.9 Å². The predicted molar refractivity (Wildman–Crippen MR) is 335 cm³/mol. The number of unbranched alkanes of at least 4 members (excludes halogenated alkanes) is 44. The first-order valence-electron chi connectivity index (χ1n) is 34.1. The van der Waals surface area contributed by atoms with Gasteiger partial charge < -0.3 is 14.2 Å². The molecule has 0 bridgehead atoms. The van der Waals surface area contributed by atoms with Gasteiger partial charge in [-0.05, 0) is 83.5 Å². The highest BCUT2D eigenvalue weighted by Crippen LogP contribution is 2.18. The molecule has 6 nitrogen and oxygen atoms in total. The van der Waals surface area contributed by atoms with Crippen LogP contribution in [0.15, 0.2) is 48.6 Å². The Kier molecular flexibility index (Phi) is 63.6. The molecule has 450 valence electrons. The first kappa shape index (κ1) is 74.4. The Labute approximate surface area is 479 Å². The van der Waals surface area contributed by atoms with Gasteiger partial charge in [0.25, 0.3) is 0 Å². The maximum atomic E-state index is 12.8. The monoisotopic (exact) mass is 1080 g/mol. The van der Waals surface area contributed by atoms with E-state index in [-0.39, 0.29) is 31.1 Å². The fourth-order valence-electron chi connectivity index (χ4n) is 10.2. The van der Waals surface area contributed by atoms with Gasteiger partial charge in [0.1, 0.15) is 13.2 Å². The third kappa shape index (κ3) is 64.1. The number of esters is 3. The van der Waals surface area contributed by atoms with Gasteiger partial charge in [-0.15, -0.1) is 0 Å². The molecule has 0 saturated carbocycles. The van der Waals surface area contributed by atoms with Crippen LogP contribution >= 0.6 is 0 Å². The van der Waals surface area contributed by atoms with Gasteiger partial charge in [-0.1, -0.05) is 313 Å². The second-order valence-corrected chi connectivity index (χ2v) is 23.1. The molecule has 1 atom stereocenters. The lowest BCUT2D eigenvalue weighted by atomic mass is 10.0. The highest BCUT2D eigenvalue weighted by atomic mass is 16.6. The van der Waals surface area contributed by atoms with Crippen LogP contribution in [0, 0.1) is 0 Å². The first-order valence-corrected chi connectivity index (χ1v) is 34.1. The average Bonchev–Trinajstić information content (AvgIpc) is 3.43. The zero-order valence-corrected chi connectivity index (χ0v) is 51.7.